The van der Waals surface area contributed by atoms with Gasteiger partial charge in [-0.2, -0.15) is 4.37 Å². The lowest BCUT2D eigenvalue weighted by Crippen LogP contribution is -2.29. The molecule has 0 saturated carbocycles. The van der Waals surface area contributed by atoms with Crippen LogP contribution in [0, 0.1) is 0 Å². The highest BCUT2D eigenvalue weighted by Gasteiger charge is 2.21. The second kappa shape index (κ2) is 4.78. The number of likely N-dealkylation sites (N-methyl/N-ethyl adjacent to an activating group) is 1. The first-order valence-electron chi connectivity index (χ1n) is 5.15. The fourth-order valence-corrected chi connectivity index (χ4v) is 2.05. The summed E-state index contributed by atoms with van der Waals surface area (Å²) < 4.78 is 4.26. The number of carbonyl (C=O) groups is 1. The van der Waals surface area contributed by atoms with E-state index < -0.39 is 5.97 Å². The van der Waals surface area contributed by atoms with Crippen LogP contribution in [0.1, 0.15) is 33.5 Å². The Bertz CT molecular complexity index is 370. The molecular formula is C10H17N3O2S. The molecule has 0 aliphatic rings. The predicted octanol–water partition coefficient (Wildman–Crippen LogP) is 1.75. The van der Waals surface area contributed by atoms with Crippen LogP contribution in [0.25, 0.3) is 0 Å². The van der Waals surface area contributed by atoms with Gasteiger partial charge in [-0.15, -0.1) is 0 Å². The average Bonchev–Trinajstić information content (AvgIpc) is 2.61. The number of carboxylic acids is 1. The summed E-state index contributed by atoms with van der Waals surface area (Å²) in [6.45, 7) is 8.59. The molecule has 1 aromatic heterocycles. The lowest BCUT2D eigenvalue weighted by Gasteiger charge is -2.17. The van der Waals surface area contributed by atoms with Crippen molar-refractivity contribution in [1.29, 1.82) is 0 Å². The number of hydrogen-bond donors (Lipinski definition) is 1. The third-order valence-corrected chi connectivity index (χ3v) is 2.84. The summed E-state index contributed by atoms with van der Waals surface area (Å²) >= 11 is 1.25. The zero-order chi connectivity index (χ0) is 12.3. The van der Waals surface area contributed by atoms with E-state index in [0.29, 0.717) is 11.7 Å². The molecule has 1 rings (SSSR count). The van der Waals surface area contributed by atoms with Gasteiger partial charge in [-0.3, -0.25) is 4.79 Å². The number of carboxylic acid groups (broad SMARTS) is 1. The van der Waals surface area contributed by atoms with E-state index in [2.05, 4.69) is 9.36 Å². The molecule has 0 fully saturated rings. The van der Waals surface area contributed by atoms with Crippen LogP contribution in [0.4, 0.5) is 5.13 Å². The van der Waals surface area contributed by atoms with Gasteiger partial charge in [0, 0.05) is 23.5 Å². The predicted molar refractivity (Wildman–Crippen MR) is 64.1 cm³/mol. The van der Waals surface area contributed by atoms with Gasteiger partial charge in [-0.25, -0.2) is 4.98 Å². The summed E-state index contributed by atoms with van der Waals surface area (Å²) in [4.78, 5) is 16.7. The molecule has 16 heavy (non-hydrogen) atoms. The van der Waals surface area contributed by atoms with E-state index in [4.69, 9.17) is 5.11 Å². The molecule has 0 saturated heterocycles. The fraction of sp³-hybridized carbons (Fsp3) is 0.700. The van der Waals surface area contributed by atoms with E-state index in [1.165, 1.54) is 11.5 Å². The van der Waals surface area contributed by atoms with Gasteiger partial charge in [0.2, 0.25) is 5.13 Å². The summed E-state index contributed by atoms with van der Waals surface area (Å²) in [6, 6.07) is 0. The summed E-state index contributed by atoms with van der Waals surface area (Å²) in [5, 5.41) is 9.43. The largest absolute Gasteiger partial charge is 0.480 e. The summed E-state index contributed by atoms with van der Waals surface area (Å²) in [6.07, 6.45) is 0. The number of hydrogen-bond acceptors (Lipinski definition) is 5. The zero-order valence-corrected chi connectivity index (χ0v) is 10.8. The van der Waals surface area contributed by atoms with E-state index in [-0.39, 0.29) is 12.0 Å². The van der Waals surface area contributed by atoms with Gasteiger partial charge in [0.05, 0.1) is 0 Å². The Labute approximate surface area is 99.3 Å². The highest BCUT2D eigenvalue weighted by Crippen LogP contribution is 2.25. The van der Waals surface area contributed by atoms with Crippen LogP contribution >= 0.6 is 11.5 Å². The van der Waals surface area contributed by atoms with E-state index in [0.717, 1.165) is 5.82 Å². The molecule has 1 N–H and O–H groups in total. The minimum Gasteiger partial charge on any atom is -0.480 e. The van der Waals surface area contributed by atoms with Crippen molar-refractivity contribution in [3.05, 3.63) is 5.82 Å². The van der Waals surface area contributed by atoms with Crippen LogP contribution in [0.5, 0.6) is 0 Å². The van der Waals surface area contributed by atoms with Crippen molar-refractivity contribution in [1.82, 2.24) is 9.36 Å². The van der Waals surface area contributed by atoms with Crippen LogP contribution in [0.3, 0.4) is 0 Å². The topological polar surface area (TPSA) is 66.3 Å². The molecule has 0 amide bonds. The number of aliphatic carboxylic acids is 1. The van der Waals surface area contributed by atoms with Gasteiger partial charge in [-0.05, 0) is 6.92 Å². The molecule has 0 radical (unpaired) electrons. The first-order valence-corrected chi connectivity index (χ1v) is 5.93. The third kappa shape index (κ3) is 3.16. The quantitative estimate of drug-likeness (QED) is 0.872. The Hall–Kier alpha value is -1.17. The Kier molecular flexibility index (Phi) is 3.85. The normalized spacial score (nSPS) is 11.5. The lowest BCUT2D eigenvalue weighted by atomic mass is 9.96. The van der Waals surface area contributed by atoms with Crippen LogP contribution in [-0.2, 0) is 10.2 Å². The van der Waals surface area contributed by atoms with Gasteiger partial charge in [0.1, 0.15) is 12.4 Å². The highest BCUT2D eigenvalue weighted by atomic mass is 32.1. The van der Waals surface area contributed by atoms with Gasteiger partial charge >= 0.3 is 5.97 Å². The number of rotatable bonds is 4. The monoisotopic (exact) mass is 243 g/mol. The van der Waals surface area contributed by atoms with E-state index in [1.807, 2.05) is 27.7 Å². The van der Waals surface area contributed by atoms with Crippen molar-refractivity contribution in [3.8, 4) is 0 Å². The third-order valence-electron chi connectivity index (χ3n) is 2.06. The van der Waals surface area contributed by atoms with Crippen molar-refractivity contribution in [2.24, 2.45) is 0 Å². The van der Waals surface area contributed by atoms with Crippen molar-refractivity contribution >= 4 is 22.6 Å². The number of aromatic nitrogens is 2. The molecule has 0 aliphatic heterocycles. The SMILES string of the molecule is CCN(CC(=O)O)c1nc(C(C)(C)C)ns1. The van der Waals surface area contributed by atoms with Crippen molar-refractivity contribution in [3.63, 3.8) is 0 Å². The average molecular weight is 243 g/mol. The second-order valence-electron chi connectivity index (χ2n) is 4.56. The molecule has 0 aliphatic carbocycles. The van der Waals surface area contributed by atoms with Crippen LogP contribution in [0.2, 0.25) is 0 Å². The van der Waals surface area contributed by atoms with E-state index >= 15 is 0 Å². The lowest BCUT2D eigenvalue weighted by molar-refractivity contribution is -0.135. The number of nitrogens with zero attached hydrogens (tertiary/aromatic N) is 3. The summed E-state index contributed by atoms with van der Waals surface area (Å²) in [5.74, 6) is -0.0919. The molecule has 5 nitrogen and oxygen atoms in total. The van der Waals surface area contributed by atoms with Gasteiger partial charge < -0.3 is 10.0 Å². The number of anilines is 1. The first-order chi connectivity index (χ1) is 7.34. The minimum absolute atomic E-state index is 0.0325. The minimum atomic E-state index is -0.852. The molecule has 0 aromatic carbocycles. The first kappa shape index (κ1) is 12.9. The van der Waals surface area contributed by atoms with Gasteiger partial charge in [0.15, 0.2) is 0 Å². The van der Waals surface area contributed by atoms with Gasteiger partial charge in [-0.1, -0.05) is 20.8 Å². The van der Waals surface area contributed by atoms with E-state index in [9.17, 15) is 4.79 Å². The Morgan fingerprint density at radius 1 is 1.50 bits per heavy atom. The molecule has 6 heteroatoms. The van der Waals surface area contributed by atoms with Crippen molar-refractivity contribution in [2.75, 3.05) is 18.0 Å². The molecule has 90 valence electrons. The smallest absolute Gasteiger partial charge is 0.323 e. The Morgan fingerprint density at radius 2 is 2.12 bits per heavy atom. The molecule has 0 bridgehead atoms. The summed E-state index contributed by atoms with van der Waals surface area (Å²) in [7, 11) is 0. The zero-order valence-electron chi connectivity index (χ0n) is 10.0. The molecule has 1 aromatic rings. The van der Waals surface area contributed by atoms with Crippen LogP contribution in [0.15, 0.2) is 0 Å². The molecule has 0 unspecified atom stereocenters. The van der Waals surface area contributed by atoms with Crippen LogP contribution in [-0.4, -0.2) is 33.5 Å². The fourth-order valence-electron chi connectivity index (χ4n) is 1.13. The maximum absolute atomic E-state index is 10.7. The molecule has 0 spiro atoms. The maximum atomic E-state index is 10.7. The molecular weight excluding hydrogens is 226 g/mol. The Morgan fingerprint density at radius 3 is 2.50 bits per heavy atom. The highest BCUT2D eigenvalue weighted by molar-refractivity contribution is 7.09. The van der Waals surface area contributed by atoms with Crippen molar-refractivity contribution < 1.29 is 9.90 Å². The maximum Gasteiger partial charge on any atom is 0.323 e. The summed E-state index contributed by atoms with van der Waals surface area (Å²) in [5.41, 5.74) is -0.0998. The standard InChI is InChI=1S/C10H17N3O2S/c1-5-13(6-7(14)15)9-11-8(12-16-9)10(2,3)4/h5-6H2,1-4H3,(H,14,15). The van der Waals surface area contributed by atoms with Gasteiger partial charge in [0.25, 0.3) is 0 Å². The molecule has 0 atom stereocenters. The van der Waals surface area contributed by atoms with Crippen LogP contribution < -0.4 is 4.90 Å². The Balaban J connectivity index is 2.87. The van der Waals surface area contributed by atoms with Crippen molar-refractivity contribution in [2.45, 2.75) is 33.1 Å². The van der Waals surface area contributed by atoms with E-state index in [1.54, 1.807) is 4.90 Å². The second-order valence-corrected chi connectivity index (χ2v) is 5.29. The molecule has 1 heterocycles.